The summed E-state index contributed by atoms with van der Waals surface area (Å²) in [5.74, 6) is 5.07. The summed E-state index contributed by atoms with van der Waals surface area (Å²) in [6.07, 6.45) is 0. The average Bonchev–Trinajstić information content (AvgIpc) is 2.27. The van der Waals surface area contributed by atoms with E-state index in [1.165, 1.54) is 0 Å². The fourth-order valence-corrected chi connectivity index (χ4v) is 1.47. The van der Waals surface area contributed by atoms with Crippen LogP contribution in [0.15, 0.2) is 24.3 Å². The summed E-state index contributed by atoms with van der Waals surface area (Å²) in [4.78, 5) is 12.6. The molecular weight excluding hydrogens is 216 g/mol. The van der Waals surface area contributed by atoms with Crippen molar-refractivity contribution in [3.8, 4) is 11.8 Å². The molecule has 0 spiro atoms. The number of carbonyl (C=O) groups excluding carboxylic acids is 1. The standard InChI is InChI=1S/C13H16N2O2/c1-15(10-13(14)17)9-12-6-4-11(5-7-12)3-2-8-16/h4-7,16H,8-10H2,1H3,(H2,14,17). The minimum Gasteiger partial charge on any atom is -0.384 e. The predicted molar refractivity (Wildman–Crippen MR) is 65.9 cm³/mol. The maximum absolute atomic E-state index is 10.7. The first-order valence-corrected chi connectivity index (χ1v) is 5.27. The maximum Gasteiger partial charge on any atom is 0.231 e. The second-order valence-corrected chi connectivity index (χ2v) is 3.80. The lowest BCUT2D eigenvalue weighted by atomic mass is 10.1. The third-order valence-electron chi connectivity index (χ3n) is 2.14. The Morgan fingerprint density at radius 1 is 1.41 bits per heavy atom. The van der Waals surface area contributed by atoms with Gasteiger partial charge in [0.1, 0.15) is 6.61 Å². The Labute approximate surface area is 101 Å². The van der Waals surface area contributed by atoms with Crippen molar-refractivity contribution in [3.63, 3.8) is 0 Å². The van der Waals surface area contributed by atoms with E-state index < -0.39 is 0 Å². The van der Waals surface area contributed by atoms with E-state index in [4.69, 9.17) is 10.8 Å². The Morgan fingerprint density at radius 3 is 2.59 bits per heavy atom. The third-order valence-corrected chi connectivity index (χ3v) is 2.14. The van der Waals surface area contributed by atoms with E-state index in [-0.39, 0.29) is 19.1 Å². The summed E-state index contributed by atoms with van der Waals surface area (Å²) < 4.78 is 0. The zero-order valence-corrected chi connectivity index (χ0v) is 9.81. The van der Waals surface area contributed by atoms with E-state index in [0.717, 1.165) is 11.1 Å². The quantitative estimate of drug-likeness (QED) is 0.715. The smallest absolute Gasteiger partial charge is 0.231 e. The monoisotopic (exact) mass is 232 g/mol. The summed E-state index contributed by atoms with van der Waals surface area (Å²) in [5.41, 5.74) is 7.05. The number of benzene rings is 1. The highest BCUT2D eigenvalue weighted by Gasteiger charge is 2.03. The van der Waals surface area contributed by atoms with Gasteiger partial charge in [-0.25, -0.2) is 0 Å². The van der Waals surface area contributed by atoms with Crippen molar-refractivity contribution in [1.82, 2.24) is 4.90 Å². The first-order valence-electron chi connectivity index (χ1n) is 5.27. The van der Waals surface area contributed by atoms with Crippen molar-refractivity contribution >= 4 is 5.91 Å². The van der Waals surface area contributed by atoms with Crippen molar-refractivity contribution in [3.05, 3.63) is 35.4 Å². The van der Waals surface area contributed by atoms with Crippen LogP contribution in [-0.4, -0.2) is 36.1 Å². The number of primary amides is 1. The highest BCUT2D eigenvalue weighted by atomic mass is 16.2. The van der Waals surface area contributed by atoms with Gasteiger partial charge in [0.2, 0.25) is 5.91 Å². The summed E-state index contributed by atoms with van der Waals surface area (Å²) in [6.45, 7) is 0.770. The number of nitrogens with zero attached hydrogens (tertiary/aromatic N) is 1. The Hall–Kier alpha value is -1.83. The van der Waals surface area contributed by atoms with Crippen molar-refractivity contribution in [2.24, 2.45) is 5.73 Å². The van der Waals surface area contributed by atoms with Crippen LogP contribution in [0.1, 0.15) is 11.1 Å². The molecule has 0 bridgehead atoms. The fourth-order valence-electron chi connectivity index (χ4n) is 1.47. The first-order chi connectivity index (χ1) is 8.11. The van der Waals surface area contributed by atoms with Crippen LogP contribution in [0.25, 0.3) is 0 Å². The van der Waals surface area contributed by atoms with Crippen molar-refractivity contribution in [1.29, 1.82) is 0 Å². The third kappa shape index (κ3) is 5.16. The molecule has 0 aromatic heterocycles. The van der Waals surface area contributed by atoms with Crippen LogP contribution in [0.4, 0.5) is 0 Å². The van der Waals surface area contributed by atoms with Crippen LogP contribution >= 0.6 is 0 Å². The van der Waals surface area contributed by atoms with Crippen molar-refractivity contribution < 1.29 is 9.90 Å². The largest absolute Gasteiger partial charge is 0.384 e. The van der Waals surface area contributed by atoms with E-state index >= 15 is 0 Å². The molecule has 0 unspecified atom stereocenters. The molecule has 4 heteroatoms. The molecule has 17 heavy (non-hydrogen) atoms. The zero-order valence-electron chi connectivity index (χ0n) is 9.81. The van der Waals surface area contributed by atoms with Gasteiger partial charge in [0.05, 0.1) is 6.54 Å². The average molecular weight is 232 g/mol. The topological polar surface area (TPSA) is 66.6 Å². The van der Waals surface area contributed by atoms with Gasteiger partial charge in [-0.2, -0.15) is 0 Å². The Bertz CT molecular complexity index is 429. The number of likely N-dealkylation sites (N-methyl/N-ethyl adjacent to an activating group) is 1. The molecule has 0 saturated heterocycles. The maximum atomic E-state index is 10.7. The van der Waals surface area contributed by atoms with E-state index in [1.807, 2.05) is 36.2 Å². The molecule has 90 valence electrons. The molecular formula is C13H16N2O2. The van der Waals surface area contributed by atoms with Crippen LogP contribution < -0.4 is 5.73 Å². The van der Waals surface area contributed by atoms with E-state index in [9.17, 15) is 4.79 Å². The molecule has 1 aromatic carbocycles. The lowest BCUT2D eigenvalue weighted by molar-refractivity contribution is -0.118. The van der Waals surface area contributed by atoms with Crippen molar-refractivity contribution in [2.75, 3.05) is 20.2 Å². The number of hydrogen-bond donors (Lipinski definition) is 2. The highest BCUT2D eigenvalue weighted by Crippen LogP contribution is 2.05. The van der Waals surface area contributed by atoms with Gasteiger partial charge >= 0.3 is 0 Å². The number of hydrogen-bond acceptors (Lipinski definition) is 3. The molecule has 1 amide bonds. The van der Waals surface area contributed by atoms with Crippen LogP contribution in [0, 0.1) is 11.8 Å². The number of nitrogens with two attached hydrogens (primary N) is 1. The Balaban J connectivity index is 2.59. The number of aliphatic hydroxyl groups excluding tert-OH is 1. The van der Waals surface area contributed by atoms with Gasteiger partial charge in [-0.15, -0.1) is 0 Å². The Kier molecular flexibility index (Phi) is 5.21. The lowest BCUT2D eigenvalue weighted by Gasteiger charge is -2.14. The molecule has 0 aliphatic carbocycles. The van der Waals surface area contributed by atoms with Gasteiger partial charge in [0.25, 0.3) is 0 Å². The second kappa shape index (κ2) is 6.69. The lowest BCUT2D eigenvalue weighted by Crippen LogP contribution is -2.30. The van der Waals surface area contributed by atoms with Crippen LogP contribution in [0.5, 0.6) is 0 Å². The molecule has 0 saturated carbocycles. The SMILES string of the molecule is CN(CC(N)=O)Cc1ccc(C#CCO)cc1. The van der Waals surface area contributed by atoms with Gasteiger partial charge in [0, 0.05) is 12.1 Å². The first kappa shape index (κ1) is 13.2. The van der Waals surface area contributed by atoms with Gasteiger partial charge in [-0.1, -0.05) is 24.0 Å². The summed E-state index contributed by atoms with van der Waals surface area (Å²) in [5, 5.41) is 8.56. The molecule has 0 atom stereocenters. The molecule has 0 radical (unpaired) electrons. The number of aliphatic hydroxyl groups is 1. The van der Waals surface area contributed by atoms with Gasteiger partial charge in [-0.3, -0.25) is 9.69 Å². The van der Waals surface area contributed by atoms with E-state index in [1.54, 1.807) is 0 Å². The van der Waals surface area contributed by atoms with Crippen LogP contribution in [0.3, 0.4) is 0 Å². The fraction of sp³-hybridized carbons (Fsp3) is 0.308. The van der Waals surface area contributed by atoms with Crippen LogP contribution in [-0.2, 0) is 11.3 Å². The molecule has 0 aliphatic rings. The molecule has 4 nitrogen and oxygen atoms in total. The van der Waals surface area contributed by atoms with Crippen LogP contribution in [0.2, 0.25) is 0 Å². The molecule has 0 heterocycles. The molecule has 3 N–H and O–H groups in total. The predicted octanol–water partition coefficient (Wildman–Crippen LogP) is -0.0525. The number of rotatable bonds is 4. The minimum atomic E-state index is -0.335. The summed E-state index contributed by atoms with van der Waals surface area (Å²) >= 11 is 0. The van der Waals surface area contributed by atoms with Gasteiger partial charge in [0.15, 0.2) is 0 Å². The molecule has 1 aromatic rings. The second-order valence-electron chi connectivity index (χ2n) is 3.80. The van der Waals surface area contributed by atoms with Gasteiger partial charge in [-0.05, 0) is 24.7 Å². The van der Waals surface area contributed by atoms with Gasteiger partial charge < -0.3 is 10.8 Å². The summed E-state index contributed by atoms with van der Waals surface area (Å²) in [6, 6.07) is 7.66. The van der Waals surface area contributed by atoms with E-state index in [2.05, 4.69) is 11.8 Å². The van der Waals surface area contributed by atoms with E-state index in [0.29, 0.717) is 6.54 Å². The number of amides is 1. The normalized spacial score (nSPS) is 9.82. The highest BCUT2D eigenvalue weighted by molar-refractivity contribution is 5.75. The Morgan fingerprint density at radius 2 is 2.06 bits per heavy atom. The molecule has 0 fully saturated rings. The molecule has 0 aliphatic heterocycles. The molecule has 1 rings (SSSR count). The van der Waals surface area contributed by atoms with Crippen molar-refractivity contribution in [2.45, 2.75) is 6.54 Å². The summed E-state index contributed by atoms with van der Waals surface area (Å²) in [7, 11) is 1.84. The number of carbonyl (C=O) groups is 1. The zero-order chi connectivity index (χ0) is 12.7. The minimum absolute atomic E-state index is 0.136.